The number of rotatable bonds is 4. The third-order valence-corrected chi connectivity index (χ3v) is 7.49. The van der Waals surface area contributed by atoms with Crippen molar-refractivity contribution in [3.05, 3.63) is 81.2 Å². The van der Waals surface area contributed by atoms with Gasteiger partial charge in [-0.15, -0.1) is 11.3 Å². The van der Waals surface area contributed by atoms with Gasteiger partial charge in [-0.25, -0.2) is 4.98 Å². The van der Waals surface area contributed by atoms with E-state index in [1.165, 1.54) is 11.3 Å². The molecule has 0 unspecified atom stereocenters. The molecule has 0 bridgehead atoms. The minimum absolute atomic E-state index is 0.0275. The number of amides is 1. The number of hydrogen-bond donors (Lipinski definition) is 1. The van der Waals surface area contributed by atoms with Crippen LogP contribution in [0.4, 0.5) is 5.69 Å². The highest BCUT2D eigenvalue weighted by Gasteiger charge is 2.23. The van der Waals surface area contributed by atoms with Crippen LogP contribution in [-0.2, 0) is 13.0 Å². The third-order valence-electron chi connectivity index (χ3n) is 5.22. The molecule has 3 heterocycles. The second-order valence-corrected chi connectivity index (χ2v) is 9.30. The first kappa shape index (κ1) is 19.1. The van der Waals surface area contributed by atoms with Gasteiger partial charge in [-0.1, -0.05) is 42.1 Å². The van der Waals surface area contributed by atoms with Gasteiger partial charge in [0, 0.05) is 22.8 Å². The lowest BCUT2D eigenvalue weighted by atomic mass is 10.2. The molecule has 30 heavy (non-hydrogen) atoms. The van der Waals surface area contributed by atoms with E-state index in [-0.39, 0.29) is 11.5 Å². The van der Waals surface area contributed by atoms with Crippen LogP contribution < -0.4 is 10.9 Å². The zero-order valence-corrected chi connectivity index (χ0v) is 18.0. The van der Waals surface area contributed by atoms with E-state index in [4.69, 9.17) is 0 Å². The molecule has 5 rings (SSSR count). The maximum absolute atomic E-state index is 13.1. The Morgan fingerprint density at radius 1 is 1.13 bits per heavy atom. The lowest BCUT2D eigenvalue weighted by Crippen LogP contribution is -2.20. The normalized spacial score (nSPS) is 12.8. The Balaban J connectivity index is 1.48. The molecule has 0 radical (unpaired) electrons. The minimum Gasteiger partial charge on any atom is -0.320 e. The molecule has 0 spiro atoms. The fraction of sp³-hybridized carbons (Fsp3) is 0.174. The van der Waals surface area contributed by atoms with E-state index in [1.807, 2.05) is 61.5 Å². The molecule has 1 aliphatic rings. The number of para-hydroxylation sites is 1. The van der Waals surface area contributed by atoms with Crippen LogP contribution in [0, 0.1) is 6.92 Å². The van der Waals surface area contributed by atoms with Gasteiger partial charge in [-0.05, 0) is 43.2 Å². The van der Waals surface area contributed by atoms with Gasteiger partial charge >= 0.3 is 0 Å². The van der Waals surface area contributed by atoms with Crippen molar-refractivity contribution in [2.45, 2.75) is 36.1 Å². The van der Waals surface area contributed by atoms with Gasteiger partial charge in [0.15, 0.2) is 0 Å². The van der Waals surface area contributed by atoms with Crippen LogP contribution in [0.25, 0.3) is 10.2 Å². The molecule has 0 saturated carbocycles. The number of thiophene rings is 1. The molecule has 1 aliphatic heterocycles. The molecule has 7 heteroatoms. The van der Waals surface area contributed by atoms with Crippen LogP contribution in [0.1, 0.15) is 27.5 Å². The van der Waals surface area contributed by atoms with Crippen molar-refractivity contribution in [1.29, 1.82) is 0 Å². The lowest BCUT2D eigenvalue weighted by molar-refractivity contribution is 0.103. The zero-order valence-electron chi connectivity index (χ0n) is 16.3. The SMILES string of the molecule is Cc1c(C(=O)Nc2ccccc2Sc2ccccc2)sc2nc3n(c(=O)c12)CCC3. The van der Waals surface area contributed by atoms with Crippen molar-refractivity contribution in [1.82, 2.24) is 9.55 Å². The first-order valence-electron chi connectivity index (χ1n) is 9.78. The largest absolute Gasteiger partial charge is 0.320 e. The molecule has 0 aliphatic carbocycles. The first-order chi connectivity index (χ1) is 14.6. The lowest BCUT2D eigenvalue weighted by Gasteiger charge is -2.10. The Labute approximate surface area is 181 Å². The summed E-state index contributed by atoms with van der Waals surface area (Å²) in [6.45, 7) is 2.54. The zero-order chi connectivity index (χ0) is 20.7. The highest BCUT2D eigenvalue weighted by atomic mass is 32.2. The fourth-order valence-corrected chi connectivity index (χ4v) is 5.75. The average Bonchev–Trinajstić information content (AvgIpc) is 3.35. The van der Waals surface area contributed by atoms with Crippen molar-refractivity contribution in [2.75, 3.05) is 5.32 Å². The molecule has 4 aromatic rings. The summed E-state index contributed by atoms with van der Waals surface area (Å²) in [5.41, 5.74) is 1.43. The molecular weight excluding hydrogens is 414 g/mol. The highest BCUT2D eigenvalue weighted by Crippen LogP contribution is 2.34. The monoisotopic (exact) mass is 433 g/mol. The van der Waals surface area contributed by atoms with Gasteiger partial charge in [0.2, 0.25) is 0 Å². The van der Waals surface area contributed by atoms with Crippen molar-refractivity contribution in [2.24, 2.45) is 0 Å². The van der Waals surface area contributed by atoms with Crippen molar-refractivity contribution in [3.63, 3.8) is 0 Å². The number of carbonyl (C=O) groups excluding carboxylic acids is 1. The van der Waals surface area contributed by atoms with E-state index in [2.05, 4.69) is 10.3 Å². The maximum atomic E-state index is 13.1. The smallest absolute Gasteiger partial charge is 0.266 e. The van der Waals surface area contributed by atoms with E-state index in [0.717, 1.165) is 34.1 Å². The van der Waals surface area contributed by atoms with Crippen molar-refractivity contribution >= 4 is 44.9 Å². The van der Waals surface area contributed by atoms with Gasteiger partial charge in [0.05, 0.1) is 16.0 Å². The number of carbonyl (C=O) groups is 1. The van der Waals surface area contributed by atoms with E-state index >= 15 is 0 Å². The molecular formula is C23H19N3O2S2. The van der Waals surface area contributed by atoms with E-state index in [9.17, 15) is 9.59 Å². The van der Waals surface area contributed by atoms with E-state index < -0.39 is 0 Å². The van der Waals surface area contributed by atoms with Crippen LogP contribution >= 0.6 is 23.1 Å². The summed E-state index contributed by atoms with van der Waals surface area (Å²) < 4.78 is 1.75. The Morgan fingerprint density at radius 2 is 1.90 bits per heavy atom. The predicted molar refractivity (Wildman–Crippen MR) is 122 cm³/mol. The number of anilines is 1. The summed E-state index contributed by atoms with van der Waals surface area (Å²) in [4.78, 5) is 33.9. The average molecular weight is 434 g/mol. The highest BCUT2D eigenvalue weighted by molar-refractivity contribution is 7.99. The predicted octanol–water partition coefficient (Wildman–Crippen LogP) is 5.12. The number of nitrogens with zero attached hydrogens (tertiary/aromatic N) is 2. The van der Waals surface area contributed by atoms with Gasteiger partial charge in [-0.3, -0.25) is 14.2 Å². The quantitative estimate of drug-likeness (QED) is 0.485. The van der Waals surface area contributed by atoms with Crippen LogP contribution in [0.2, 0.25) is 0 Å². The number of nitrogens with one attached hydrogen (secondary N) is 1. The van der Waals surface area contributed by atoms with E-state index in [1.54, 1.807) is 16.3 Å². The van der Waals surface area contributed by atoms with Gasteiger partial charge < -0.3 is 5.32 Å². The Hall–Kier alpha value is -2.90. The summed E-state index contributed by atoms with van der Waals surface area (Å²) in [5, 5.41) is 3.61. The topological polar surface area (TPSA) is 64.0 Å². The molecule has 0 fully saturated rings. The Morgan fingerprint density at radius 3 is 2.73 bits per heavy atom. The third kappa shape index (κ3) is 3.34. The number of fused-ring (bicyclic) bond motifs is 2. The van der Waals surface area contributed by atoms with E-state index in [0.29, 0.717) is 27.2 Å². The molecule has 0 atom stereocenters. The number of benzene rings is 2. The molecule has 1 amide bonds. The maximum Gasteiger partial charge on any atom is 0.266 e. The number of hydrogen-bond acceptors (Lipinski definition) is 5. The van der Waals surface area contributed by atoms with Crippen molar-refractivity contribution in [3.8, 4) is 0 Å². The summed E-state index contributed by atoms with van der Waals surface area (Å²) in [6, 6.07) is 17.8. The van der Waals surface area contributed by atoms with Crippen LogP contribution in [0.3, 0.4) is 0 Å². The Bertz CT molecular complexity index is 1330. The van der Waals surface area contributed by atoms with Gasteiger partial charge in [0.25, 0.3) is 11.5 Å². The molecule has 0 saturated heterocycles. The Kier molecular flexibility index (Phi) is 4.92. The second kappa shape index (κ2) is 7.74. The summed E-state index contributed by atoms with van der Waals surface area (Å²) in [5.74, 6) is 0.617. The second-order valence-electron chi connectivity index (χ2n) is 7.19. The standard InChI is InChI=1S/C23H19N3O2S2/c1-14-19-22(25-18-12-7-13-26(18)23(19)28)30-20(14)21(27)24-16-10-5-6-11-17(16)29-15-8-3-2-4-9-15/h2-6,8-11H,7,12-13H2,1H3,(H,24,27). The molecule has 150 valence electrons. The van der Waals surface area contributed by atoms with Crippen LogP contribution in [0.5, 0.6) is 0 Å². The number of aryl methyl sites for hydroxylation is 2. The van der Waals surface area contributed by atoms with Gasteiger partial charge in [-0.2, -0.15) is 0 Å². The number of aromatic nitrogens is 2. The molecule has 2 aromatic heterocycles. The summed E-state index contributed by atoms with van der Waals surface area (Å²) >= 11 is 2.90. The molecule has 5 nitrogen and oxygen atoms in total. The molecule has 1 N–H and O–H groups in total. The minimum atomic E-state index is -0.207. The van der Waals surface area contributed by atoms with Crippen LogP contribution in [-0.4, -0.2) is 15.5 Å². The van der Waals surface area contributed by atoms with Crippen molar-refractivity contribution < 1.29 is 4.79 Å². The summed E-state index contributed by atoms with van der Waals surface area (Å²) in [7, 11) is 0. The fourth-order valence-electron chi connectivity index (χ4n) is 3.75. The molecule has 2 aromatic carbocycles. The van der Waals surface area contributed by atoms with Crippen LogP contribution in [0.15, 0.2) is 69.2 Å². The summed E-state index contributed by atoms with van der Waals surface area (Å²) in [6.07, 6.45) is 1.76. The first-order valence-corrected chi connectivity index (χ1v) is 11.4. The van der Waals surface area contributed by atoms with Gasteiger partial charge in [0.1, 0.15) is 10.7 Å².